The van der Waals surface area contributed by atoms with Crippen molar-refractivity contribution < 1.29 is 14.3 Å². The molecule has 6 nitrogen and oxygen atoms in total. The van der Waals surface area contributed by atoms with Gasteiger partial charge in [0.15, 0.2) is 0 Å². The number of amides is 3. The number of aryl methyl sites for hydroxylation is 1. The van der Waals surface area contributed by atoms with E-state index in [2.05, 4.69) is 10.2 Å². The first kappa shape index (κ1) is 17.7. The molecule has 1 aromatic rings. The average molecular weight is 345 g/mol. The lowest BCUT2D eigenvalue weighted by Gasteiger charge is -2.29. The summed E-state index contributed by atoms with van der Waals surface area (Å²) in [6.45, 7) is 4.15. The normalized spacial score (nSPS) is 24.5. The lowest BCUT2D eigenvalue weighted by molar-refractivity contribution is -0.132. The molecule has 0 aliphatic carbocycles. The highest BCUT2D eigenvalue weighted by atomic mass is 16.5. The summed E-state index contributed by atoms with van der Waals surface area (Å²) in [6.07, 6.45) is 4.82. The van der Waals surface area contributed by atoms with E-state index in [4.69, 9.17) is 4.74 Å². The number of carbonyl (C=O) groups is 2. The number of likely N-dealkylation sites (tertiary alicyclic amines) is 1. The molecule has 136 valence electrons. The SMILES string of the molecule is COc1ccc(CC[C@@]2(C)NC(=O)N(CN3CCCCC3)C2=O)cc1. The summed E-state index contributed by atoms with van der Waals surface area (Å²) in [5.41, 5.74) is 0.297. The van der Waals surface area contributed by atoms with E-state index in [1.807, 2.05) is 31.2 Å². The molecule has 0 saturated carbocycles. The Morgan fingerprint density at radius 1 is 1.12 bits per heavy atom. The van der Waals surface area contributed by atoms with Crippen molar-refractivity contribution in [3.8, 4) is 5.75 Å². The molecular weight excluding hydrogens is 318 g/mol. The van der Waals surface area contributed by atoms with E-state index in [0.717, 1.165) is 43.7 Å². The number of nitrogens with one attached hydrogen (secondary N) is 1. The van der Waals surface area contributed by atoms with Gasteiger partial charge in [-0.15, -0.1) is 0 Å². The second-order valence-corrected chi connectivity index (χ2v) is 7.16. The first-order chi connectivity index (χ1) is 12.0. The molecule has 3 rings (SSSR count). The minimum absolute atomic E-state index is 0.114. The average Bonchev–Trinajstić information content (AvgIpc) is 2.85. The highest BCUT2D eigenvalue weighted by molar-refractivity contribution is 6.06. The van der Waals surface area contributed by atoms with Crippen LogP contribution in [0.4, 0.5) is 4.79 Å². The smallest absolute Gasteiger partial charge is 0.326 e. The molecule has 0 aromatic heterocycles. The quantitative estimate of drug-likeness (QED) is 0.804. The maximum Gasteiger partial charge on any atom is 0.326 e. The molecule has 2 saturated heterocycles. The molecule has 2 heterocycles. The fraction of sp³-hybridized carbons (Fsp3) is 0.579. The van der Waals surface area contributed by atoms with Crippen LogP contribution < -0.4 is 10.1 Å². The van der Waals surface area contributed by atoms with Gasteiger partial charge in [0.2, 0.25) is 0 Å². The van der Waals surface area contributed by atoms with Crippen molar-refractivity contribution in [1.82, 2.24) is 15.1 Å². The molecule has 25 heavy (non-hydrogen) atoms. The summed E-state index contributed by atoms with van der Waals surface area (Å²) in [7, 11) is 1.64. The van der Waals surface area contributed by atoms with Gasteiger partial charge in [-0.05, 0) is 63.4 Å². The number of hydrogen-bond acceptors (Lipinski definition) is 4. The number of benzene rings is 1. The van der Waals surface area contributed by atoms with Crippen LogP contribution in [0.15, 0.2) is 24.3 Å². The third-order valence-electron chi connectivity index (χ3n) is 5.21. The molecule has 1 aromatic carbocycles. The highest BCUT2D eigenvalue weighted by Gasteiger charge is 2.47. The van der Waals surface area contributed by atoms with E-state index < -0.39 is 5.54 Å². The van der Waals surface area contributed by atoms with Crippen LogP contribution in [0.1, 0.15) is 38.2 Å². The zero-order valence-corrected chi connectivity index (χ0v) is 15.1. The Labute approximate surface area is 149 Å². The van der Waals surface area contributed by atoms with Crippen LogP contribution in [0.2, 0.25) is 0 Å². The predicted octanol–water partition coefficient (Wildman–Crippen LogP) is 2.38. The van der Waals surface area contributed by atoms with Gasteiger partial charge < -0.3 is 10.1 Å². The molecule has 2 fully saturated rings. The molecule has 0 spiro atoms. The maximum atomic E-state index is 12.8. The van der Waals surface area contributed by atoms with Crippen molar-refractivity contribution in [2.45, 2.75) is 44.6 Å². The molecule has 1 N–H and O–H groups in total. The van der Waals surface area contributed by atoms with Crippen molar-refractivity contribution in [3.63, 3.8) is 0 Å². The Morgan fingerprint density at radius 3 is 2.44 bits per heavy atom. The van der Waals surface area contributed by atoms with Gasteiger partial charge in [-0.1, -0.05) is 18.6 Å². The van der Waals surface area contributed by atoms with Crippen LogP contribution >= 0.6 is 0 Å². The zero-order chi connectivity index (χ0) is 17.9. The molecular formula is C19H27N3O3. The van der Waals surface area contributed by atoms with Gasteiger partial charge >= 0.3 is 6.03 Å². The lowest BCUT2D eigenvalue weighted by atomic mass is 9.93. The van der Waals surface area contributed by atoms with E-state index in [-0.39, 0.29) is 11.9 Å². The number of nitrogens with zero attached hydrogens (tertiary/aromatic N) is 2. The zero-order valence-electron chi connectivity index (χ0n) is 15.1. The van der Waals surface area contributed by atoms with Crippen molar-refractivity contribution in [1.29, 1.82) is 0 Å². The standard InChI is InChI=1S/C19H27N3O3/c1-19(11-10-15-6-8-16(25-2)9-7-15)17(23)22(18(24)20-19)14-21-12-4-3-5-13-21/h6-9H,3-5,10-14H2,1-2H3,(H,20,24)/t19-/m1/s1. The molecule has 0 radical (unpaired) electrons. The van der Waals surface area contributed by atoms with Crippen molar-refractivity contribution in [3.05, 3.63) is 29.8 Å². The Morgan fingerprint density at radius 2 is 1.80 bits per heavy atom. The molecule has 0 unspecified atom stereocenters. The molecule has 6 heteroatoms. The van der Waals surface area contributed by atoms with Crippen LogP contribution in [0, 0.1) is 0 Å². The number of rotatable bonds is 6. The number of piperidine rings is 1. The summed E-state index contributed by atoms with van der Waals surface area (Å²) in [6, 6.07) is 7.54. The van der Waals surface area contributed by atoms with Crippen LogP contribution in [0.3, 0.4) is 0 Å². The van der Waals surface area contributed by atoms with Crippen LogP contribution in [-0.4, -0.2) is 54.1 Å². The molecule has 2 aliphatic heterocycles. The minimum atomic E-state index is -0.827. The van der Waals surface area contributed by atoms with Crippen LogP contribution in [-0.2, 0) is 11.2 Å². The van der Waals surface area contributed by atoms with E-state index >= 15 is 0 Å². The van der Waals surface area contributed by atoms with Crippen molar-refractivity contribution in [2.24, 2.45) is 0 Å². The Kier molecular flexibility index (Phi) is 5.27. The van der Waals surface area contributed by atoms with Gasteiger partial charge in [0.05, 0.1) is 13.8 Å². The van der Waals surface area contributed by atoms with E-state index in [0.29, 0.717) is 13.1 Å². The highest BCUT2D eigenvalue weighted by Crippen LogP contribution is 2.24. The van der Waals surface area contributed by atoms with Gasteiger partial charge in [-0.3, -0.25) is 9.69 Å². The first-order valence-electron chi connectivity index (χ1n) is 9.01. The monoisotopic (exact) mass is 345 g/mol. The third kappa shape index (κ3) is 3.95. The molecule has 0 bridgehead atoms. The number of urea groups is 1. The molecule has 1 atom stereocenters. The molecule has 2 aliphatic rings. The second-order valence-electron chi connectivity index (χ2n) is 7.16. The van der Waals surface area contributed by atoms with Crippen molar-refractivity contribution in [2.75, 3.05) is 26.9 Å². The summed E-state index contributed by atoms with van der Waals surface area (Å²) in [4.78, 5) is 28.7. The largest absolute Gasteiger partial charge is 0.497 e. The summed E-state index contributed by atoms with van der Waals surface area (Å²) in [5, 5.41) is 2.90. The van der Waals surface area contributed by atoms with Gasteiger partial charge in [-0.2, -0.15) is 0 Å². The van der Waals surface area contributed by atoms with E-state index in [1.54, 1.807) is 7.11 Å². The Balaban J connectivity index is 1.60. The number of carbonyl (C=O) groups excluding carboxylic acids is 2. The first-order valence-corrected chi connectivity index (χ1v) is 9.01. The lowest BCUT2D eigenvalue weighted by Crippen LogP contribution is -2.46. The topological polar surface area (TPSA) is 61.9 Å². The van der Waals surface area contributed by atoms with Gasteiger partial charge in [0.25, 0.3) is 5.91 Å². The predicted molar refractivity (Wildman–Crippen MR) is 95.4 cm³/mol. The van der Waals surface area contributed by atoms with Gasteiger partial charge in [0, 0.05) is 0 Å². The van der Waals surface area contributed by atoms with E-state index in [9.17, 15) is 9.59 Å². The number of imide groups is 1. The maximum absolute atomic E-state index is 12.8. The van der Waals surface area contributed by atoms with Gasteiger partial charge in [0.1, 0.15) is 11.3 Å². The van der Waals surface area contributed by atoms with Gasteiger partial charge in [-0.25, -0.2) is 9.69 Å². The van der Waals surface area contributed by atoms with E-state index in [1.165, 1.54) is 11.3 Å². The Hall–Kier alpha value is -2.08. The van der Waals surface area contributed by atoms with Crippen LogP contribution in [0.5, 0.6) is 5.75 Å². The fourth-order valence-electron chi connectivity index (χ4n) is 3.53. The second kappa shape index (κ2) is 7.44. The summed E-state index contributed by atoms with van der Waals surface area (Å²) < 4.78 is 5.16. The number of methoxy groups -OCH3 is 1. The van der Waals surface area contributed by atoms with Crippen LogP contribution in [0.25, 0.3) is 0 Å². The summed E-state index contributed by atoms with van der Waals surface area (Å²) >= 11 is 0. The Bertz CT molecular complexity index is 625. The minimum Gasteiger partial charge on any atom is -0.497 e. The van der Waals surface area contributed by atoms with Crippen molar-refractivity contribution >= 4 is 11.9 Å². The number of ether oxygens (including phenoxy) is 1. The fourth-order valence-corrected chi connectivity index (χ4v) is 3.53. The third-order valence-corrected chi connectivity index (χ3v) is 5.21. The summed E-state index contributed by atoms with van der Waals surface area (Å²) in [5.74, 6) is 0.699. The molecule has 3 amide bonds. The number of hydrogen-bond donors (Lipinski definition) is 1.